The van der Waals surface area contributed by atoms with E-state index in [1.807, 2.05) is 6.07 Å². The number of amides is 1. The molecule has 0 atom stereocenters. The summed E-state index contributed by atoms with van der Waals surface area (Å²) < 4.78 is 19.6. The molecular weight excluding hydrogens is 344 g/mol. The normalized spacial score (nSPS) is 12.4. The number of nitrogens with one attached hydrogen (secondary N) is 1. The second kappa shape index (κ2) is 7.35. The van der Waals surface area contributed by atoms with Gasteiger partial charge in [-0.1, -0.05) is 6.07 Å². The summed E-state index contributed by atoms with van der Waals surface area (Å²) >= 11 is 1.04. The first-order chi connectivity index (χ1) is 12.1. The predicted molar refractivity (Wildman–Crippen MR) is 93.0 cm³/mol. The van der Waals surface area contributed by atoms with Gasteiger partial charge >= 0.3 is 5.97 Å². The summed E-state index contributed by atoms with van der Waals surface area (Å²) in [5, 5.41) is 3.04. The number of nitrogens with zero attached hydrogens (tertiary/aromatic N) is 1. The quantitative estimate of drug-likeness (QED) is 0.651. The van der Waals surface area contributed by atoms with Crippen molar-refractivity contribution < 1.29 is 23.8 Å². The number of carbonyl (C=O) groups excluding carboxylic acids is 2. The van der Waals surface area contributed by atoms with Crippen molar-refractivity contribution in [2.45, 2.75) is 13.8 Å². The monoisotopic (exact) mass is 360 g/mol. The topological polar surface area (TPSA) is 86.8 Å². The molecule has 0 fully saturated rings. The fourth-order valence-electron chi connectivity index (χ4n) is 2.24. The summed E-state index contributed by atoms with van der Waals surface area (Å²) in [4.78, 5) is 24.1. The van der Waals surface area contributed by atoms with Gasteiger partial charge in [-0.3, -0.25) is 4.79 Å². The number of carbonyl (C=O) groups is 2. The maximum absolute atomic E-state index is 12.1. The van der Waals surface area contributed by atoms with E-state index in [2.05, 4.69) is 9.69 Å². The summed E-state index contributed by atoms with van der Waals surface area (Å²) in [5.41, 5.74) is 1.61. The lowest BCUT2D eigenvalue weighted by molar-refractivity contribution is -0.111. The number of rotatable bonds is 5. The lowest BCUT2D eigenvalue weighted by atomic mass is 10.2. The molecule has 1 aliphatic rings. The van der Waals surface area contributed by atoms with Crippen molar-refractivity contribution >= 4 is 34.5 Å². The zero-order chi connectivity index (χ0) is 17.8. The summed E-state index contributed by atoms with van der Waals surface area (Å²) in [5.74, 6) is 0.460. The van der Waals surface area contributed by atoms with Gasteiger partial charge in [0.05, 0.1) is 12.3 Å². The Balaban J connectivity index is 1.70. The van der Waals surface area contributed by atoms with Crippen molar-refractivity contribution in [2.24, 2.45) is 0 Å². The van der Waals surface area contributed by atoms with E-state index < -0.39 is 5.97 Å². The number of anilines is 1. The second-order valence-electron chi connectivity index (χ2n) is 5.13. The molecule has 7 nitrogen and oxygen atoms in total. The molecule has 0 spiro atoms. The molecule has 1 N–H and O–H groups in total. The Morgan fingerprint density at radius 1 is 1.36 bits per heavy atom. The van der Waals surface area contributed by atoms with Crippen LogP contribution in [0.3, 0.4) is 0 Å². The number of ether oxygens (including phenoxy) is 3. The molecule has 3 rings (SSSR count). The Kier molecular flexibility index (Phi) is 4.99. The van der Waals surface area contributed by atoms with Gasteiger partial charge in [0.25, 0.3) is 0 Å². The summed E-state index contributed by atoms with van der Waals surface area (Å²) in [7, 11) is 0. The number of esters is 1. The minimum atomic E-state index is -0.496. The minimum absolute atomic E-state index is 0.199. The van der Waals surface area contributed by atoms with E-state index in [0.29, 0.717) is 22.2 Å². The van der Waals surface area contributed by atoms with Gasteiger partial charge in [0.1, 0.15) is 10.6 Å². The molecule has 0 unspecified atom stereocenters. The van der Waals surface area contributed by atoms with Crippen LogP contribution < -0.4 is 14.8 Å². The lowest BCUT2D eigenvalue weighted by Gasteiger charge is -2.04. The number of aromatic nitrogens is 1. The van der Waals surface area contributed by atoms with Gasteiger partial charge in [0.15, 0.2) is 11.5 Å². The first kappa shape index (κ1) is 17.0. The molecule has 0 radical (unpaired) electrons. The molecule has 1 amide bonds. The van der Waals surface area contributed by atoms with Gasteiger partial charge in [0.2, 0.25) is 12.7 Å². The molecule has 0 bridgehead atoms. The van der Waals surface area contributed by atoms with E-state index in [1.165, 1.54) is 6.08 Å². The van der Waals surface area contributed by atoms with Crippen molar-refractivity contribution in [1.29, 1.82) is 0 Å². The van der Waals surface area contributed by atoms with Crippen LogP contribution in [0.15, 0.2) is 24.3 Å². The molecular formula is C17H16N2O5S. The molecule has 0 saturated carbocycles. The van der Waals surface area contributed by atoms with Crippen LogP contribution in [0, 0.1) is 6.92 Å². The largest absolute Gasteiger partial charge is 0.462 e. The predicted octanol–water partition coefficient (Wildman–Crippen LogP) is 3.01. The van der Waals surface area contributed by atoms with E-state index >= 15 is 0 Å². The fourth-order valence-corrected chi connectivity index (χ4v) is 3.03. The minimum Gasteiger partial charge on any atom is -0.462 e. The molecule has 8 heteroatoms. The Morgan fingerprint density at radius 2 is 2.16 bits per heavy atom. The van der Waals surface area contributed by atoms with Crippen LogP contribution in [-0.2, 0) is 9.53 Å². The smallest absolute Gasteiger partial charge is 0.343 e. The SMILES string of the molecule is CCOC(=O)c1c(C)nsc1NC(=O)/C=C/c1ccc2c(c1)OCO2. The number of hydrogen-bond donors (Lipinski definition) is 1. The summed E-state index contributed by atoms with van der Waals surface area (Å²) in [6.07, 6.45) is 3.02. The second-order valence-corrected chi connectivity index (χ2v) is 5.90. The van der Waals surface area contributed by atoms with Crippen LogP contribution in [0.25, 0.3) is 6.08 Å². The Morgan fingerprint density at radius 3 is 2.96 bits per heavy atom. The van der Waals surface area contributed by atoms with Crippen molar-refractivity contribution in [1.82, 2.24) is 4.37 Å². The molecule has 2 heterocycles. The van der Waals surface area contributed by atoms with Crippen LogP contribution in [0.4, 0.5) is 5.00 Å². The zero-order valence-corrected chi connectivity index (χ0v) is 14.5. The maximum Gasteiger partial charge on any atom is 0.343 e. The highest BCUT2D eigenvalue weighted by Crippen LogP contribution is 2.32. The van der Waals surface area contributed by atoms with Crippen molar-refractivity contribution in [3.63, 3.8) is 0 Å². The number of benzene rings is 1. The fraction of sp³-hybridized carbons (Fsp3) is 0.235. The first-order valence-corrected chi connectivity index (χ1v) is 8.38. The highest BCUT2D eigenvalue weighted by Gasteiger charge is 2.20. The van der Waals surface area contributed by atoms with Crippen LogP contribution in [0.2, 0.25) is 0 Å². The molecule has 2 aromatic rings. The number of fused-ring (bicyclic) bond motifs is 1. The van der Waals surface area contributed by atoms with Gasteiger partial charge in [-0.05, 0) is 49.2 Å². The van der Waals surface area contributed by atoms with E-state index in [9.17, 15) is 9.59 Å². The molecule has 0 saturated heterocycles. The van der Waals surface area contributed by atoms with E-state index in [-0.39, 0.29) is 24.9 Å². The van der Waals surface area contributed by atoms with Gasteiger partial charge < -0.3 is 19.5 Å². The van der Waals surface area contributed by atoms with Crippen LogP contribution >= 0.6 is 11.5 Å². The number of aryl methyl sites for hydroxylation is 1. The lowest BCUT2D eigenvalue weighted by Crippen LogP contribution is -2.12. The Hall–Kier alpha value is -2.87. The van der Waals surface area contributed by atoms with Gasteiger partial charge in [-0.25, -0.2) is 4.79 Å². The zero-order valence-electron chi connectivity index (χ0n) is 13.7. The van der Waals surface area contributed by atoms with E-state index in [4.69, 9.17) is 14.2 Å². The van der Waals surface area contributed by atoms with Gasteiger partial charge in [0, 0.05) is 6.08 Å². The van der Waals surface area contributed by atoms with Crippen LogP contribution in [-0.4, -0.2) is 29.6 Å². The maximum atomic E-state index is 12.1. The summed E-state index contributed by atoms with van der Waals surface area (Å²) in [6.45, 7) is 3.87. The first-order valence-electron chi connectivity index (χ1n) is 7.60. The Labute approximate surface area is 148 Å². The van der Waals surface area contributed by atoms with E-state index in [1.54, 1.807) is 32.1 Å². The van der Waals surface area contributed by atoms with Crippen molar-refractivity contribution in [2.75, 3.05) is 18.7 Å². The Bertz CT molecular complexity index is 844. The molecule has 130 valence electrons. The van der Waals surface area contributed by atoms with Crippen LogP contribution in [0.1, 0.15) is 28.5 Å². The third-order valence-electron chi connectivity index (χ3n) is 3.40. The van der Waals surface area contributed by atoms with Gasteiger partial charge in [-0.2, -0.15) is 4.37 Å². The molecule has 1 aliphatic heterocycles. The molecule has 1 aromatic heterocycles. The third kappa shape index (κ3) is 3.80. The third-order valence-corrected chi connectivity index (χ3v) is 4.26. The van der Waals surface area contributed by atoms with E-state index in [0.717, 1.165) is 17.1 Å². The average molecular weight is 360 g/mol. The molecule has 25 heavy (non-hydrogen) atoms. The highest BCUT2D eigenvalue weighted by molar-refractivity contribution is 7.11. The van der Waals surface area contributed by atoms with Gasteiger partial charge in [-0.15, -0.1) is 0 Å². The number of hydrogen-bond acceptors (Lipinski definition) is 7. The van der Waals surface area contributed by atoms with Crippen LogP contribution in [0.5, 0.6) is 11.5 Å². The standard InChI is InChI=1S/C17H16N2O5S/c1-3-22-17(21)15-10(2)19-25-16(15)18-14(20)7-5-11-4-6-12-13(8-11)24-9-23-12/h4-8H,3,9H2,1-2H3,(H,18,20)/b7-5+. The van der Waals surface area contributed by atoms with Crippen molar-refractivity contribution in [3.8, 4) is 11.5 Å². The molecule has 0 aliphatic carbocycles. The highest BCUT2D eigenvalue weighted by atomic mass is 32.1. The van der Waals surface area contributed by atoms with Crippen molar-refractivity contribution in [3.05, 3.63) is 41.1 Å². The molecule has 1 aromatic carbocycles. The summed E-state index contributed by atoms with van der Waals surface area (Å²) in [6, 6.07) is 5.39. The average Bonchev–Trinajstić information content (AvgIpc) is 3.19.